The number of hydrogen-bond acceptors (Lipinski definition) is 3. The Morgan fingerprint density at radius 3 is 2.71 bits per heavy atom. The zero-order chi connectivity index (χ0) is 12.5. The van der Waals surface area contributed by atoms with Gasteiger partial charge in [-0.15, -0.1) is 0 Å². The molecular formula is C13H24N2O2. The van der Waals surface area contributed by atoms with Gasteiger partial charge in [0, 0.05) is 12.6 Å². The second-order valence-electron chi connectivity index (χ2n) is 6.00. The van der Waals surface area contributed by atoms with Crippen molar-refractivity contribution in [3.8, 4) is 0 Å². The van der Waals surface area contributed by atoms with E-state index in [-0.39, 0.29) is 23.5 Å². The molecule has 0 aromatic rings. The first-order chi connectivity index (χ1) is 8.03. The molecule has 1 amide bonds. The Labute approximate surface area is 103 Å². The summed E-state index contributed by atoms with van der Waals surface area (Å²) >= 11 is 0. The normalized spacial score (nSPS) is 36.1. The molecule has 1 saturated heterocycles. The van der Waals surface area contributed by atoms with Crippen LogP contribution in [0.4, 0.5) is 0 Å². The number of hydrogen-bond donors (Lipinski definition) is 2. The van der Waals surface area contributed by atoms with Gasteiger partial charge in [-0.2, -0.15) is 0 Å². The fourth-order valence-electron chi connectivity index (χ4n) is 2.93. The van der Waals surface area contributed by atoms with Crippen LogP contribution in [0.1, 0.15) is 46.0 Å². The number of amides is 1. The lowest BCUT2D eigenvalue weighted by Gasteiger charge is -2.28. The predicted octanol–water partition coefficient (Wildman–Crippen LogP) is 1.19. The Hall–Kier alpha value is -0.610. The van der Waals surface area contributed by atoms with Crippen molar-refractivity contribution in [2.45, 2.75) is 64.2 Å². The van der Waals surface area contributed by atoms with Gasteiger partial charge in [0.1, 0.15) is 6.10 Å². The standard InChI is InChI=1S/C13H24N2O2/c1-13(2)7-3-4-11(13)15-12(16)10-6-5-9(8-14)17-10/h9-11H,3-8,14H2,1-2H3,(H,15,16)/t9-,10+,11?/m1/s1. The molecule has 0 bridgehead atoms. The van der Waals surface area contributed by atoms with E-state index in [9.17, 15) is 4.79 Å². The van der Waals surface area contributed by atoms with Gasteiger partial charge in [0.05, 0.1) is 6.10 Å². The molecule has 98 valence electrons. The van der Waals surface area contributed by atoms with Crippen LogP contribution in [0.2, 0.25) is 0 Å². The summed E-state index contributed by atoms with van der Waals surface area (Å²) in [6, 6.07) is 0.301. The first kappa shape index (κ1) is 12.8. The highest BCUT2D eigenvalue weighted by molar-refractivity contribution is 5.81. The van der Waals surface area contributed by atoms with Gasteiger partial charge >= 0.3 is 0 Å². The van der Waals surface area contributed by atoms with Crippen LogP contribution < -0.4 is 11.1 Å². The molecule has 2 aliphatic rings. The Morgan fingerprint density at radius 1 is 1.41 bits per heavy atom. The van der Waals surface area contributed by atoms with E-state index in [1.54, 1.807) is 0 Å². The Balaban J connectivity index is 1.85. The third-order valence-electron chi connectivity index (χ3n) is 4.24. The van der Waals surface area contributed by atoms with E-state index in [1.165, 1.54) is 12.8 Å². The average Bonchev–Trinajstić information content (AvgIpc) is 2.86. The molecule has 0 aromatic heterocycles. The van der Waals surface area contributed by atoms with Gasteiger partial charge in [-0.1, -0.05) is 20.3 Å². The minimum Gasteiger partial charge on any atom is -0.364 e. The zero-order valence-corrected chi connectivity index (χ0v) is 10.9. The van der Waals surface area contributed by atoms with Gasteiger partial charge in [-0.25, -0.2) is 0 Å². The van der Waals surface area contributed by atoms with Crippen LogP contribution in [-0.4, -0.2) is 30.7 Å². The van der Waals surface area contributed by atoms with Crippen LogP contribution in [0, 0.1) is 5.41 Å². The summed E-state index contributed by atoms with van der Waals surface area (Å²) < 4.78 is 5.61. The first-order valence-corrected chi connectivity index (χ1v) is 6.69. The number of rotatable bonds is 3. The summed E-state index contributed by atoms with van der Waals surface area (Å²) in [5.41, 5.74) is 5.77. The lowest BCUT2D eigenvalue weighted by molar-refractivity contribution is -0.133. The zero-order valence-electron chi connectivity index (χ0n) is 10.9. The van der Waals surface area contributed by atoms with Gasteiger partial charge in [-0.05, 0) is 31.1 Å². The maximum atomic E-state index is 12.1. The highest BCUT2D eigenvalue weighted by atomic mass is 16.5. The summed E-state index contributed by atoms with van der Waals surface area (Å²) in [7, 11) is 0. The summed E-state index contributed by atoms with van der Waals surface area (Å²) in [4.78, 5) is 12.1. The number of nitrogens with one attached hydrogen (secondary N) is 1. The van der Waals surface area contributed by atoms with E-state index in [4.69, 9.17) is 10.5 Å². The van der Waals surface area contributed by atoms with Crippen molar-refractivity contribution in [2.75, 3.05) is 6.54 Å². The third kappa shape index (κ3) is 2.80. The molecule has 4 heteroatoms. The Morgan fingerprint density at radius 2 is 2.18 bits per heavy atom. The van der Waals surface area contributed by atoms with E-state index in [0.29, 0.717) is 12.6 Å². The monoisotopic (exact) mass is 240 g/mol. The second kappa shape index (κ2) is 4.94. The van der Waals surface area contributed by atoms with E-state index in [2.05, 4.69) is 19.2 Å². The highest BCUT2D eigenvalue weighted by Crippen LogP contribution is 2.37. The van der Waals surface area contributed by atoms with Gasteiger partial charge < -0.3 is 15.8 Å². The predicted molar refractivity (Wildman–Crippen MR) is 66.5 cm³/mol. The van der Waals surface area contributed by atoms with Crippen LogP contribution >= 0.6 is 0 Å². The average molecular weight is 240 g/mol. The lowest BCUT2D eigenvalue weighted by atomic mass is 9.87. The topological polar surface area (TPSA) is 64.4 Å². The maximum Gasteiger partial charge on any atom is 0.249 e. The number of ether oxygens (including phenoxy) is 1. The van der Waals surface area contributed by atoms with E-state index < -0.39 is 0 Å². The molecule has 0 aromatic carbocycles. The van der Waals surface area contributed by atoms with Crippen molar-refractivity contribution in [2.24, 2.45) is 11.1 Å². The van der Waals surface area contributed by atoms with Crippen molar-refractivity contribution in [1.82, 2.24) is 5.32 Å². The van der Waals surface area contributed by atoms with Gasteiger partial charge in [0.2, 0.25) is 5.91 Å². The van der Waals surface area contributed by atoms with Crippen molar-refractivity contribution in [3.63, 3.8) is 0 Å². The van der Waals surface area contributed by atoms with Crippen LogP contribution in [-0.2, 0) is 9.53 Å². The number of carbonyl (C=O) groups is 1. The van der Waals surface area contributed by atoms with Crippen LogP contribution in [0.5, 0.6) is 0 Å². The molecule has 1 aliphatic carbocycles. The smallest absolute Gasteiger partial charge is 0.249 e. The molecule has 1 saturated carbocycles. The van der Waals surface area contributed by atoms with Crippen molar-refractivity contribution >= 4 is 5.91 Å². The molecule has 0 spiro atoms. The fourth-order valence-corrected chi connectivity index (χ4v) is 2.93. The van der Waals surface area contributed by atoms with Gasteiger partial charge in [0.25, 0.3) is 0 Å². The largest absolute Gasteiger partial charge is 0.364 e. The number of nitrogens with two attached hydrogens (primary N) is 1. The van der Waals surface area contributed by atoms with E-state index in [1.807, 2.05) is 0 Å². The molecule has 0 radical (unpaired) electrons. The number of carbonyl (C=O) groups excluding carboxylic acids is 1. The highest BCUT2D eigenvalue weighted by Gasteiger charge is 2.38. The lowest BCUT2D eigenvalue weighted by Crippen LogP contribution is -2.46. The molecule has 1 heterocycles. The molecule has 17 heavy (non-hydrogen) atoms. The molecule has 3 N–H and O–H groups in total. The van der Waals surface area contributed by atoms with Crippen molar-refractivity contribution in [3.05, 3.63) is 0 Å². The van der Waals surface area contributed by atoms with Gasteiger partial charge in [0.15, 0.2) is 0 Å². The Kier molecular flexibility index (Phi) is 3.73. The Bertz CT molecular complexity index is 291. The molecule has 1 unspecified atom stereocenters. The van der Waals surface area contributed by atoms with Crippen LogP contribution in [0.25, 0.3) is 0 Å². The third-order valence-corrected chi connectivity index (χ3v) is 4.24. The van der Waals surface area contributed by atoms with Crippen LogP contribution in [0.3, 0.4) is 0 Å². The minimum atomic E-state index is -0.278. The molecule has 1 aliphatic heterocycles. The van der Waals surface area contributed by atoms with Gasteiger partial charge in [-0.3, -0.25) is 4.79 Å². The summed E-state index contributed by atoms with van der Waals surface area (Å²) in [6.07, 6.45) is 4.99. The minimum absolute atomic E-state index is 0.0564. The van der Waals surface area contributed by atoms with E-state index >= 15 is 0 Å². The molecule has 3 atom stereocenters. The quantitative estimate of drug-likeness (QED) is 0.779. The second-order valence-corrected chi connectivity index (χ2v) is 6.00. The summed E-state index contributed by atoms with van der Waals surface area (Å²) in [5, 5.41) is 3.15. The van der Waals surface area contributed by atoms with Crippen molar-refractivity contribution < 1.29 is 9.53 Å². The first-order valence-electron chi connectivity index (χ1n) is 6.69. The molecule has 2 fully saturated rings. The fraction of sp³-hybridized carbons (Fsp3) is 0.923. The van der Waals surface area contributed by atoms with E-state index in [0.717, 1.165) is 19.3 Å². The van der Waals surface area contributed by atoms with Crippen LogP contribution in [0.15, 0.2) is 0 Å². The molecular weight excluding hydrogens is 216 g/mol. The SMILES string of the molecule is CC1(C)CCCC1NC(=O)[C@@H]1CC[C@H](CN)O1. The molecule has 4 nitrogen and oxygen atoms in total. The molecule has 2 rings (SSSR count). The summed E-state index contributed by atoms with van der Waals surface area (Å²) in [6.45, 7) is 4.96. The maximum absolute atomic E-state index is 12.1. The van der Waals surface area contributed by atoms with Crippen molar-refractivity contribution in [1.29, 1.82) is 0 Å². The summed E-state index contributed by atoms with van der Waals surface area (Å²) in [5.74, 6) is 0.0564.